The number of benzene rings is 1. The van der Waals surface area contributed by atoms with Crippen LogP contribution in [0.1, 0.15) is 12.5 Å². The summed E-state index contributed by atoms with van der Waals surface area (Å²) in [5.74, 6) is -1.34. The Hall–Kier alpha value is -2.59. The van der Waals surface area contributed by atoms with Crippen LogP contribution in [-0.4, -0.2) is 69.9 Å². The van der Waals surface area contributed by atoms with E-state index in [0.717, 1.165) is 6.08 Å². The fraction of sp³-hybridized carbons (Fsp3) is 0.412. The molecule has 1 aromatic carbocycles. The van der Waals surface area contributed by atoms with Crippen LogP contribution in [0.4, 0.5) is 0 Å². The molecular formula is C17H21N2O7S-. The van der Waals surface area contributed by atoms with E-state index in [9.17, 15) is 23.1 Å². The third-order valence-electron chi connectivity index (χ3n) is 4.18. The third kappa shape index (κ3) is 4.58. The largest absolute Gasteiger partial charge is 0.545 e. The van der Waals surface area contributed by atoms with Gasteiger partial charge in [-0.1, -0.05) is 6.08 Å². The number of hydrogen-bond acceptors (Lipinski definition) is 7. The second-order valence-electron chi connectivity index (χ2n) is 5.82. The smallest absolute Gasteiger partial charge is 0.247 e. The van der Waals surface area contributed by atoms with Crippen LogP contribution in [0, 0.1) is 0 Å². The molecule has 148 valence electrons. The van der Waals surface area contributed by atoms with E-state index in [4.69, 9.17) is 9.47 Å². The molecule has 0 radical (unpaired) electrons. The predicted molar refractivity (Wildman–Crippen MR) is 94.6 cm³/mol. The Bertz CT molecular complexity index is 856. The standard InChI is InChI=1S/C17H22N2O7S/c1-12(20)18-6-8-19(9-7-18)27(23,24)15-11-13(4-5-16(21)22)10-14(25-2)17(15)26-3/h4-5,10-11H,6-9H2,1-3H3,(H,21,22)/p-1/b5-4+. The molecular weight excluding hydrogens is 376 g/mol. The van der Waals surface area contributed by atoms with Crippen molar-refractivity contribution in [1.82, 2.24) is 9.21 Å². The minimum atomic E-state index is -3.95. The quantitative estimate of drug-likeness (QED) is 0.584. The lowest BCUT2D eigenvalue weighted by atomic mass is 10.2. The van der Waals surface area contributed by atoms with Crippen molar-refractivity contribution in [2.75, 3.05) is 40.4 Å². The van der Waals surface area contributed by atoms with Crippen molar-refractivity contribution in [2.45, 2.75) is 11.8 Å². The molecule has 10 heteroatoms. The van der Waals surface area contributed by atoms with Gasteiger partial charge in [-0.05, 0) is 23.8 Å². The van der Waals surface area contributed by atoms with Crippen LogP contribution < -0.4 is 14.6 Å². The molecule has 0 spiro atoms. The van der Waals surface area contributed by atoms with Gasteiger partial charge in [0.1, 0.15) is 4.90 Å². The van der Waals surface area contributed by atoms with Gasteiger partial charge in [0.2, 0.25) is 15.9 Å². The van der Waals surface area contributed by atoms with E-state index in [1.54, 1.807) is 4.90 Å². The molecule has 2 rings (SSSR count). The molecule has 1 aliphatic heterocycles. The molecule has 27 heavy (non-hydrogen) atoms. The van der Waals surface area contributed by atoms with Gasteiger partial charge in [-0.25, -0.2) is 8.42 Å². The first-order valence-electron chi connectivity index (χ1n) is 8.11. The summed E-state index contributed by atoms with van der Waals surface area (Å²) >= 11 is 0. The third-order valence-corrected chi connectivity index (χ3v) is 6.08. The highest BCUT2D eigenvalue weighted by atomic mass is 32.2. The summed E-state index contributed by atoms with van der Waals surface area (Å²) in [6.07, 6.45) is 2.01. The van der Waals surface area contributed by atoms with Crippen LogP contribution in [0.5, 0.6) is 11.5 Å². The van der Waals surface area contributed by atoms with E-state index < -0.39 is 16.0 Å². The van der Waals surface area contributed by atoms with Crippen molar-refractivity contribution in [1.29, 1.82) is 0 Å². The minimum absolute atomic E-state index is 0.0251. The summed E-state index contributed by atoms with van der Waals surface area (Å²) in [7, 11) is -1.28. The van der Waals surface area contributed by atoms with Crippen molar-refractivity contribution in [3.8, 4) is 11.5 Å². The van der Waals surface area contributed by atoms with Gasteiger partial charge in [0.15, 0.2) is 11.5 Å². The predicted octanol–water partition coefficient (Wildman–Crippen LogP) is -0.680. The Labute approximate surface area is 157 Å². The molecule has 1 heterocycles. The number of carboxylic acids is 1. The number of hydrogen-bond donors (Lipinski definition) is 0. The number of carboxylic acid groups (broad SMARTS) is 1. The van der Waals surface area contributed by atoms with E-state index in [1.165, 1.54) is 43.7 Å². The van der Waals surface area contributed by atoms with Crippen molar-refractivity contribution < 1.29 is 32.6 Å². The van der Waals surface area contributed by atoms with Gasteiger partial charge >= 0.3 is 0 Å². The number of methoxy groups -OCH3 is 2. The van der Waals surface area contributed by atoms with Gasteiger partial charge < -0.3 is 24.3 Å². The van der Waals surface area contributed by atoms with Gasteiger partial charge in [-0.15, -0.1) is 0 Å². The lowest BCUT2D eigenvalue weighted by Gasteiger charge is -2.33. The average Bonchev–Trinajstić information content (AvgIpc) is 2.65. The van der Waals surface area contributed by atoms with Gasteiger partial charge in [-0.2, -0.15) is 4.31 Å². The highest BCUT2D eigenvalue weighted by molar-refractivity contribution is 7.89. The zero-order valence-electron chi connectivity index (χ0n) is 15.3. The molecule has 0 N–H and O–H groups in total. The lowest BCUT2D eigenvalue weighted by Crippen LogP contribution is -2.49. The molecule has 1 aliphatic rings. The monoisotopic (exact) mass is 397 g/mol. The Morgan fingerprint density at radius 2 is 1.74 bits per heavy atom. The highest BCUT2D eigenvalue weighted by Gasteiger charge is 2.33. The van der Waals surface area contributed by atoms with Crippen LogP contribution in [0.15, 0.2) is 23.1 Å². The summed E-state index contributed by atoms with van der Waals surface area (Å²) in [6, 6.07) is 2.78. The van der Waals surface area contributed by atoms with Crippen LogP contribution in [-0.2, 0) is 19.6 Å². The van der Waals surface area contributed by atoms with Gasteiger partial charge in [-0.3, -0.25) is 4.79 Å². The average molecular weight is 397 g/mol. The number of piperazine rings is 1. The van der Waals surface area contributed by atoms with E-state index in [0.29, 0.717) is 5.56 Å². The van der Waals surface area contributed by atoms with Crippen molar-refractivity contribution >= 4 is 28.0 Å². The first-order valence-corrected chi connectivity index (χ1v) is 9.55. The number of ether oxygens (including phenoxy) is 2. The zero-order chi connectivity index (χ0) is 20.2. The number of carbonyl (C=O) groups is 2. The normalized spacial score (nSPS) is 15.7. The van der Waals surface area contributed by atoms with E-state index in [-0.39, 0.29) is 48.5 Å². The molecule has 9 nitrogen and oxygen atoms in total. The second kappa shape index (κ2) is 8.40. The summed E-state index contributed by atoms with van der Waals surface area (Å²) in [6.45, 7) is 2.31. The minimum Gasteiger partial charge on any atom is -0.545 e. The molecule has 0 saturated carbocycles. The zero-order valence-corrected chi connectivity index (χ0v) is 16.1. The molecule has 0 bridgehead atoms. The fourth-order valence-electron chi connectivity index (χ4n) is 2.78. The van der Waals surface area contributed by atoms with Crippen LogP contribution in [0.25, 0.3) is 6.08 Å². The van der Waals surface area contributed by atoms with Gasteiger partial charge in [0.05, 0.1) is 20.2 Å². The highest BCUT2D eigenvalue weighted by Crippen LogP contribution is 2.37. The molecule has 1 amide bonds. The summed E-state index contributed by atoms with van der Waals surface area (Å²) in [5.41, 5.74) is 0.304. The maximum absolute atomic E-state index is 13.1. The Morgan fingerprint density at radius 3 is 2.22 bits per heavy atom. The summed E-state index contributed by atoms with van der Waals surface area (Å²) in [4.78, 5) is 23.5. The maximum atomic E-state index is 13.1. The fourth-order valence-corrected chi connectivity index (χ4v) is 4.41. The number of nitrogens with zero attached hydrogens (tertiary/aromatic N) is 2. The van der Waals surface area contributed by atoms with Gasteiger partial charge in [0, 0.05) is 33.1 Å². The number of amides is 1. The lowest BCUT2D eigenvalue weighted by molar-refractivity contribution is -0.297. The molecule has 0 aliphatic carbocycles. The van der Waals surface area contributed by atoms with Crippen molar-refractivity contribution in [2.24, 2.45) is 0 Å². The Balaban J connectivity index is 2.46. The molecule has 1 aromatic rings. The van der Waals surface area contributed by atoms with E-state index >= 15 is 0 Å². The van der Waals surface area contributed by atoms with Crippen LogP contribution in [0.2, 0.25) is 0 Å². The first-order chi connectivity index (χ1) is 12.7. The summed E-state index contributed by atoms with van der Waals surface area (Å²) in [5, 5.41) is 10.7. The molecule has 1 fully saturated rings. The van der Waals surface area contributed by atoms with Crippen LogP contribution in [0.3, 0.4) is 0 Å². The van der Waals surface area contributed by atoms with Crippen molar-refractivity contribution in [3.05, 3.63) is 23.8 Å². The number of carbonyl (C=O) groups excluding carboxylic acids is 2. The van der Waals surface area contributed by atoms with Crippen molar-refractivity contribution in [3.63, 3.8) is 0 Å². The molecule has 1 saturated heterocycles. The number of sulfonamides is 1. The SMILES string of the molecule is COc1cc(/C=C/C(=O)[O-])cc(S(=O)(=O)N2CCN(C(C)=O)CC2)c1OC. The Kier molecular flexibility index (Phi) is 6.45. The summed E-state index contributed by atoms with van der Waals surface area (Å²) < 4.78 is 38.0. The molecule has 0 atom stereocenters. The molecule has 0 aromatic heterocycles. The number of rotatable bonds is 6. The molecule has 0 unspecified atom stereocenters. The second-order valence-corrected chi connectivity index (χ2v) is 7.72. The topological polar surface area (TPSA) is 116 Å². The van der Waals surface area contributed by atoms with Gasteiger partial charge in [0.25, 0.3) is 0 Å². The maximum Gasteiger partial charge on any atom is 0.247 e. The van der Waals surface area contributed by atoms with E-state index in [1.807, 2.05) is 0 Å². The van der Waals surface area contributed by atoms with Crippen LogP contribution >= 0.6 is 0 Å². The first kappa shape index (κ1) is 20.7. The Morgan fingerprint density at radius 1 is 1.11 bits per heavy atom. The van der Waals surface area contributed by atoms with E-state index in [2.05, 4.69) is 0 Å². The number of aliphatic carboxylic acids is 1.